The Labute approximate surface area is 204 Å². The number of nitrogens with zero attached hydrogens (tertiary/aromatic N) is 2. The van der Waals surface area contributed by atoms with E-state index in [-0.39, 0.29) is 17.0 Å². The molecule has 0 radical (unpaired) electrons. The Morgan fingerprint density at radius 3 is 2.40 bits per heavy atom. The summed E-state index contributed by atoms with van der Waals surface area (Å²) in [5.41, 5.74) is 3.27. The molecule has 1 atom stereocenters. The summed E-state index contributed by atoms with van der Waals surface area (Å²) in [6.45, 7) is 9.04. The Kier molecular flexibility index (Phi) is 7.09. The molecule has 3 heterocycles. The first-order valence-electron chi connectivity index (χ1n) is 11.7. The zero-order valence-electron chi connectivity index (χ0n) is 20.5. The van der Waals surface area contributed by atoms with Crippen LogP contribution in [0, 0.1) is 20.8 Å². The highest BCUT2D eigenvalue weighted by molar-refractivity contribution is 6.46. The number of Topliss-reactive ketones (excluding diaryl/α,β-unsaturated/α-hetero) is 1. The number of aryl methyl sites for hydroxylation is 2. The van der Waals surface area contributed by atoms with Gasteiger partial charge < -0.3 is 24.5 Å². The lowest BCUT2D eigenvalue weighted by atomic mass is 9.93. The maximum atomic E-state index is 13.3. The van der Waals surface area contributed by atoms with Gasteiger partial charge in [-0.25, -0.2) is 4.79 Å². The number of carbonyl (C=O) groups is 3. The molecule has 0 aliphatic carbocycles. The fourth-order valence-electron chi connectivity index (χ4n) is 4.83. The number of methoxy groups -OCH3 is 1. The van der Waals surface area contributed by atoms with Crippen molar-refractivity contribution in [3.05, 3.63) is 63.5 Å². The number of aromatic nitrogens is 1. The number of ether oxygens (including phenoxy) is 2. The van der Waals surface area contributed by atoms with E-state index in [1.54, 1.807) is 13.8 Å². The molecule has 1 aromatic carbocycles. The van der Waals surface area contributed by atoms with Crippen LogP contribution < -0.4 is 0 Å². The highest BCUT2D eigenvalue weighted by Crippen LogP contribution is 2.40. The maximum absolute atomic E-state index is 13.3. The molecule has 2 aliphatic rings. The molecule has 9 heteroatoms. The summed E-state index contributed by atoms with van der Waals surface area (Å²) < 4.78 is 10.2. The van der Waals surface area contributed by atoms with Crippen molar-refractivity contribution in [3.8, 4) is 0 Å². The Bertz CT molecular complexity index is 1170. The van der Waals surface area contributed by atoms with Crippen LogP contribution >= 0.6 is 0 Å². The number of aliphatic hydroxyl groups excluding tert-OH is 1. The minimum absolute atomic E-state index is 0.0162. The monoisotopic (exact) mass is 481 g/mol. The second-order valence-corrected chi connectivity index (χ2v) is 8.97. The van der Waals surface area contributed by atoms with E-state index < -0.39 is 23.7 Å². The summed E-state index contributed by atoms with van der Waals surface area (Å²) in [5.74, 6) is -2.27. The van der Waals surface area contributed by atoms with Gasteiger partial charge >= 0.3 is 5.97 Å². The topological polar surface area (TPSA) is 112 Å². The predicted octanol–water partition coefficient (Wildman–Crippen LogP) is 2.48. The van der Waals surface area contributed by atoms with Gasteiger partial charge in [0, 0.05) is 37.4 Å². The lowest BCUT2D eigenvalue weighted by molar-refractivity contribution is -0.140. The number of H-pyrrole nitrogens is 1. The molecule has 0 spiro atoms. The lowest BCUT2D eigenvalue weighted by Crippen LogP contribution is -2.42. The molecule has 1 amide bonds. The SMILES string of the molecule is COC(=O)c1[nH]c(C)c(/C(O)=C2\C(=O)C(=O)N(CCN3CCOCC3)[C@H]2c2ccc(C)cc2)c1C. The third-order valence-electron chi connectivity index (χ3n) is 6.76. The van der Waals surface area contributed by atoms with E-state index in [4.69, 9.17) is 9.47 Å². The van der Waals surface area contributed by atoms with Crippen molar-refractivity contribution in [1.29, 1.82) is 0 Å². The Hall–Kier alpha value is -3.43. The molecule has 2 fully saturated rings. The first-order chi connectivity index (χ1) is 16.7. The number of esters is 1. The molecule has 0 unspecified atom stereocenters. The summed E-state index contributed by atoms with van der Waals surface area (Å²) in [6.07, 6.45) is 0. The Morgan fingerprint density at radius 2 is 1.77 bits per heavy atom. The van der Waals surface area contributed by atoms with Gasteiger partial charge in [-0.2, -0.15) is 0 Å². The van der Waals surface area contributed by atoms with E-state index in [1.165, 1.54) is 12.0 Å². The number of amides is 1. The number of ketones is 1. The molecule has 1 aromatic heterocycles. The molecule has 4 rings (SSSR count). The zero-order chi connectivity index (χ0) is 25.3. The molecule has 0 bridgehead atoms. The van der Waals surface area contributed by atoms with Crippen LogP contribution in [0.25, 0.3) is 5.76 Å². The molecular weight excluding hydrogens is 450 g/mol. The lowest BCUT2D eigenvalue weighted by Gasteiger charge is -2.31. The van der Waals surface area contributed by atoms with Gasteiger partial charge in [0.25, 0.3) is 11.7 Å². The van der Waals surface area contributed by atoms with Gasteiger partial charge in [0.2, 0.25) is 0 Å². The maximum Gasteiger partial charge on any atom is 0.354 e. The molecule has 2 N–H and O–H groups in total. The van der Waals surface area contributed by atoms with E-state index in [0.717, 1.165) is 24.2 Å². The van der Waals surface area contributed by atoms with Gasteiger partial charge in [-0.05, 0) is 31.9 Å². The first kappa shape index (κ1) is 24.7. The first-order valence-corrected chi connectivity index (χ1v) is 11.7. The van der Waals surface area contributed by atoms with Crippen molar-refractivity contribution in [1.82, 2.24) is 14.8 Å². The van der Waals surface area contributed by atoms with Crippen LogP contribution in [0.1, 0.15) is 44.5 Å². The third kappa shape index (κ3) is 4.61. The summed E-state index contributed by atoms with van der Waals surface area (Å²) in [7, 11) is 1.27. The largest absolute Gasteiger partial charge is 0.507 e. The highest BCUT2D eigenvalue weighted by Gasteiger charge is 2.46. The van der Waals surface area contributed by atoms with E-state index in [0.29, 0.717) is 43.1 Å². The average molecular weight is 482 g/mol. The summed E-state index contributed by atoms with van der Waals surface area (Å²) in [5, 5.41) is 11.4. The van der Waals surface area contributed by atoms with Crippen LogP contribution in [0.15, 0.2) is 29.8 Å². The number of aliphatic hydroxyl groups is 1. The number of nitrogens with one attached hydrogen (secondary N) is 1. The van der Waals surface area contributed by atoms with Crippen molar-refractivity contribution >= 4 is 23.4 Å². The number of hydrogen-bond acceptors (Lipinski definition) is 7. The molecule has 2 aromatic rings. The van der Waals surface area contributed by atoms with Crippen molar-refractivity contribution < 1.29 is 29.0 Å². The average Bonchev–Trinajstić information content (AvgIpc) is 3.30. The second kappa shape index (κ2) is 10.1. The molecule has 35 heavy (non-hydrogen) atoms. The zero-order valence-corrected chi connectivity index (χ0v) is 20.5. The van der Waals surface area contributed by atoms with Gasteiger partial charge in [0.05, 0.1) is 31.9 Å². The standard InChI is InChI=1S/C26H31N3O6/c1-15-5-7-18(8-6-15)22-20(23(30)19-16(2)21(26(33)34-4)27-17(19)3)24(31)25(32)29(22)10-9-28-11-13-35-14-12-28/h5-8,22,27,30H,9-14H2,1-4H3/b23-20+/t22-/m0/s1. The van der Waals surface area contributed by atoms with Crippen molar-refractivity contribution in [2.75, 3.05) is 46.5 Å². The summed E-state index contributed by atoms with van der Waals surface area (Å²) in [6, 6.07) is 6.83. The molecule has 0 saturated carbocycles. The van der Waals surface area contributed by atoms with Gasteiger partial charge in [0.15, 0.2) is 0 Å². The van der Waals surface area contributed by atoms with Crippen LogP contribution in [0.4, 0.5) is 0 Å². The number of morpholine rings is 1. The highest BCUT2D eigenvalue weighted by atomic mass is 16.5. The van der Waals surface area contributed by atoms with E-state index in [9.17, 15) is 19.5 Å². The number of carbonyl (C=O) groups excluding carboxylic acids is 3. The van der Waals surface area contributed by atoms with Crippen LogP contribution in [0.3, 0.4) is 0 Å². The van der Waals surface area contributed by atoms with Crippen molar-refractivity contribution in [3.63, 3.8) is 0 Å². The van der Waals surface area contributed by atoms with E-state index >= 15 is 0 Å². The van der Waals surface area contributed by atoms with E-state index in [1.807, 2.05) is 31.2 Å². The number of aromatic amines is 1. The number of rotatable bonds is 6. The van der Waals surface area contributed by atoms with Crippen LogP contribution in [-0.4, -0.2) is 84.1 Å². The molecule has 2 aliphatic heterocycles. The van der Waals surface area contributed by atoms with Crippen LogP contribution in [0.5, 0.6) is 0 Å². The predicted molar refractivity (Wildman–Crippen MR) is 129 cm³/mol. The molecule has 9 nitrogen and oxygen atoms in total. The van der Waals surface area contributed by atoms with Gasteiger partial charge in [-0.3, -0.25) is 14.5 Å². The molecular formula is C26H31N3O6. The van der Waals surface area contributed by atoms with Crippen LogP contribution in [0.2, 0.25) is 0 Å². The number of likely N-dealkylation sites (tertiary alicyclic amines) is 1. The molecule has 2 saturated heterocycles. The Balaban J connectivity index is 1.79. The fourth-order valence-corrected chi connectivity index (χ4v) is 4.83. The Morgan fingerprint density at radius 1 is 1.11 bits per heavy atom. The smallest absolute Gasteiger partial charge is 0.354 e. The number of hydrogen-bond donors (Lipinski definition) is 2. The van der Waals surface area contributed by atoms with Gasteiger partial charge in [0.1, 0.15) is 11.5 Å². The van der Waals surface area contributed by atoms with Gasteiger partial charge in [-0.1, -0.05) is 29.8 Å². The van der Waals surface area contributed by atoms with Crippen molar-refractivity contribution in [2.45, 2.75) is 26.8 Å². The van der Waals surface area contributed by atoms with E-state index in [2.05, 4.69) is 9.88 Å². The normalized spacial score (nSPS) is 20.5. The molecule has 186 valence electrons. The van der Waals surface area contributed by atoms with Crippen molar-refractivity contribution in [2.24, 2.45) is 0 Å². The fraction of sp³-hybridized carbons (Fsp3) is 0.423. The third-order valence-corrected chi connectivity index (χ3v) is 6.76. The minimum atomic E-state index is -0.744. The minimum Gasteiger partial charge on any atom is -0.507 e. The number of benzene rings is 1. The van der Waals surface area contributed by atoms with Crippen LogP contribution in [-0.2, 0) is 19.1 Å². The second-order valence-electron chi connectivity index (χ2n) is 8.97. The van der Waals surface area contributed by atoms with Gasteiger partial charge in [-0.15, -0.1) is 0 Å². The quantitative estimate of drug-likeness (QED) is 0.282. The summed E-state index contributed by atoms with van der Waals surface area (Å²) >= 11 is 0. The summed E-state index contributed by atoms with van der Waals surface area (Å²) in [4.78, 5) is 45.4.